The third-order valence-electron chi connectivity index (χ3n) is 22.4. The van der Waals surface area contributed by atoms with E-state index < -0.39 is 103 Å². The van der Waals surface area contributed by atoms with Gasteiger partial charge in [-0.25, -0.2) is 0 Å². The molecular weight excluding hydrogens is 1080 g/mol. The van der Waals surface area contributed by atoms with Gasteiger partial charge in [0.15, 0.2) is 17.4 Å². The van der Waals surface area contributed by atoms with Crippen LogP contribution in [0, 0.1) is 23.7 Å². The number of aliphatic hydroxyl groups is 3. The Labute approximate surface area is 487 Å². The van der Waals surface area contributed by atoms with Gasteiger partial charge in [-0.1, -0.05) is 46.9 Å². The Hall–Kier alpha value is -2.03. The van der Waals surface area contributed by atoms with Crippen molar-refractivity contribution >= 4 is 5.97 Å². The smallest absolute Gasteiger partial charge is 0.308 e. The minimum Gasteiger partial charge on any atom is -0.459 e. The Balaban J connectivity index is 0.660. The maximum Gasteiger partial charge on any atom is 0.308 e. The Bertz CT molecular complexity index is 2480. The summed E-state index contributed by atoms with van der Waals surface area (Å²) < 4.78 is 111. The minimum absolute atomic E-state index is 0.0273. The first-order valence-corrected chi connectivity index (χ1v) is 32.0. The van der Waals surface area contributed by atoms with Gasteiger partial charge in [0.05, 0.1) is 136 Å². The van der Waals surface area contributed by atoms with Crippen molar-refractivity contribution in [3.8, 4) is 0 Å². The zero-order valence-corrected chi connectivity index (χ0v) is 48.8. The van der Waals surface area contributed by atoms with Gasteiger partial charge in [-0.2, -0.15) is 0 Å². The summed E-state index contributed by atoms with van der Waals surface area (Å²) in [5.41, 5.74) is 2.11. The van der Waals surface area contributed by atoms with E-state index >= 15 is 0 Å². The van der Waals surface area contributed by atoms with E-state index in [0.29, 0.717) is 77.0 Å². The van der Waals surface area contributed by atoms with Gasteiger partial charge in [0, 0.05) is 63.7 Å². The van der Waals surface area contributed by atoms with Gasteiger partial charge in [-0.3, -0.25) is 4.79 Å². The predicted molar refractivity (Wildman–Crippen MR) is 289 cm³/mol. The van der Waals surface area contributed by atoms with Crippen molar-refractivity contribution in [1.29, 1.82) is 0 Å². The van der Waals surface area contributed by atoms with Crippen LogP contribution < -0.4 is 0 Å². The maximum absolute atomic E-state index is 14.7. The standard InChI is InChI=1S/C63H90O20/c1-8-15-68-63-28-60-14-13-38-17-30(3)40(69-38)11-9-36-16-29(2)33(6)42(70-36)20-45-54(76-50(67)19-37-10-12-41-55(71-37)56(81-60)57(82-63)58(73-41)59(63)83-60)34(7)53-46(72-45)22-44-48(75-53)25-62(77-44)26-49-52(80-62)32(5)24-61(79-49)23-31(4)51-47(78-61)21-43(74-51)39(66)18-35(65)27-64/h8,29,31-32,34-49,51-59,64-66H,1,3,6,9-28H2,2,4-5,7H3/t29-,31+,32+,34+,35-,36+,37-,38+,39+,40+,41+,42-,43+,44-,45+,46+,47+,48-,49+,51+,52+,53+,54-,55+,56+,57+,58-,59-,60-,61-,62+,63?/m1/s1. The SMILES string of the molecule is C=CCOC12C[C@]34CC[C@H]5CC(=C)[C@H](CC[C@H]6C[C@@H](C)C(=C)[C@@H](C[C@@H]7O[C@H]8C[C@H]9O[C@@]%10(C[C@@H]%11O[C@]%12(C[C@H](C)[C@@H]%13O[C@H]([C@@H](O)C[C@@H](O)CO)C[C@@H]%13O%12)C[C@H](C)[C@@H]%11O%10)C[C@H]9O[C@H]8[C@H](C)[C@H]7OC(=O)C[C@H]7CC[C@@H]8O[C@H]([C@@H](O1)[C@@H](O3)[C@H]8O7)[C@H]2O4)O6)O5. The molecule has 0 saturated carbocycles. The third-order valence-corrected chi connectivity index (χ3v) is 22.4. The molecule has 0 aromatic rings. The van der Waals surface area contributed by atoms with Crippen LogP contribution in [0.3, 0.4) is 0 Å². The molecule has 83 heavy (non-hydrogen) atoms. The topological polar surface area (TPSA) is 225 Å². The van der Waals surface area contributed by atoms with Gasteiger partial charge < -0.3 is 91.1 Å². The molecular formula is C63H90O20. The van der Waals surface area contributed by atoms with E-state index in [1.165, 1.54) is 0 Å². The zero-order chi connectivity index (χ0) is 57.1. The normalized spacial score (nSPS) is 55.9. The number of carbonyl (C=O) groups is 1. The number of hydrogen-bond donors (Lipinski definition) is 3. The van der Waals surface area contributed by atoms with E-state index in [1.807, 2.05) is 0 Å². The molecule has 1 unspecified atom stereocenters. The van der Waals surface area contributed by atoms with Gasteiger partial charge in [-0.05, 0) is 73.8 Å². The first-order chi connectivity index (χ1) is 39.9. The molecule has 0 aromatic heterocycles. The number of fused-ring (bicyclic) bond motifs is 10. The van der Waals surface area contributed by atoms with Crippen molar-refractivity contribution < 1.29 is 95.9 Å². The van der Waals surface area contributed by atoms with E-state index in [4.69, 9.17) is 75.8 Å². The summed E-state index contributed by atoms with van der Waals surface area (Å²) in [7, 11) is 0. The fourth-order valence-corrected chi connectivity index (χ4v) is 18.6. The Morgan fingerprint density at radius 3 is 2.13 bits per heavy atom. The molecule has 12 bridgehead atoms. The molecule has 0 radical (unpaired) electrons. The highest BCUT2D eigenvalue weighted by atomic mass is 16.8. The molecule has 3 N–H and O–H groups in total. The first-order valence-electron chi connectivity index (χ1n) is 32.0. The number of ether oxygens (including phenoxy) is 16. The Kier molecular flexibility index (Phi) is 14.9. The molecule has 20 nitrogen and oxygen atoms in total. The number of aliphatic hydroxyl groups excluding tert-OH is 3. The fourth-order valence-electron chi connectivity index (χ4n) is 18.6. The van der Waals surface area contributed by atoms with Gasteiger partial charge >= 0.3 is 5.97 Å². The summed E-state index contributed by atoms with van der Waals surface area (Å²) in [6, 6.07) is 0. The lowest BCUT2D eigenvalue weighted by Crippen LogP contribution is -2.62. The summed E-state index contributed by atoms with van der Waals surface area (Å²) in [5, 5.41) is 30.4. The van der Waals surface area contributed by atoms with E-state index in [-0.39, 0.29) is 122 Å². The number of carbonyl (C=O) groups excluding carboxylic acids is 1. The van der Waals surface area contributed by atoms with E-state index in [0.717, 1.165) is 36.8 Å². The van der Waals surface area contributed by atoms with Crippen LogP contribution in [-0.2, 0) is 80.6 Å². The average Bonchev–Trinajstić information content (AvgIpc) is 4.29. The van der Waals surface area contributed by atoms with E-state index in [1.54, 1.807) is 6.08 Å². The molecule has 0 aliphatic carbocycles. The van der Waals surface area contributed by atoms with Crippen molar-refractivity contribution in [2.75, 3.05) is 13.2 Å². The van der Waals surface area contributed by atoms with Crippen LogP contribution in [0.1, 0.15) is 143 Å². The van der Waals surface area contributed by atoms with Crippen LogP contribution in [0.15, 0.2) is 37.0 Å². The summed E-state index contributed by atoms with van der Waals surface area (Å²) >= 11 is 0. The molecule has 16 rings (SSSR count). The summed E-state index contributed by atoms with van der Waals surface area (Å²) in [6.07, 6.45) is 1.85. The number of hydrogen-bond acceptors (Lipinski definition) is 20. The van der Waals surface area contributed by atoms with Crippen molar-refractivity contribution in [3.05, 3.63) is 37.0 Å². The lowest BCUT2D eigenvalue weighted by atomic mass is 9.79. The molecule has 16 fully saturated rings. The van der Waals surface area contributed by atoms with Crippen LogP contribution in [-0.4, -0.2) is 204 Å². The fraction of sp³-hybridized carbons (Fsp3) is 0.889. The van der Waals surface area contributed by atoms with Gasteiger partial charge in [-0.15, -0.1) is 6.58 Å². The van der Waals surface area contributed by atoms with Crippen molar-refractivity contribution in [2.45, 2.75) is 313 Å². The highest BCUT2D eigenvalue weighted by molar-refractivity contribution is 5.70. The second-order valence-corrected chi connectivity index (χ2v) is 28.3. The molecule has 0 amide bonds. The lowest BCUT2D eigenvalue weighted by Gasteiger charge is -2.50. The molecule has 16 saturated heterocycles. The summed E-state index contributed by atoms with van der Waals surface area (Å²) in [4.78, 5) is 14.7. The maximum atomic E-state index is 14.7. The van der Waals surface area contributed by atoms with Crippen LogP contribution in [0.2, 0.25) is 0 Å². The Morgan fingerprint density at radius 2 is 1.30 bits per heavy atom. The van der Waals surface area contributed by atoms with Gasteiger partial charge in [0.2, 0.25) is 5.79 Å². The first kappa shape index (κ1) is 57.4. The van der Waals surface area contributed by atoms with E-state index in [9.17, 15) is 20.1 Å². The average molecular weight is 1170 g/mol. The van der Waals surface area contributed by atoms with Crippen LogP contribution in [0.25, 0.3) is 0 Å². The molecule has 462 valence electrons. The molecule has 3 spiro atoms. The zero-order valence-electron chi connectivity index (χ0n) is 48.8. The predicted octanol–water partition coefficient (Wildman–Crippen LogP) is 5.46. The number of esters is 1. The second-order valence-electron chi connectivity index (χ2n) is 28.3. The highest BCUT2D eigenvalue weighted by Crippen LogP contribution is 2.60. The molecule has 16 heterocycles. The van der Waals surface area contributed by atoms with Crippen molar-refractivity contribution in [1.82, 2.24) is 0 Å². The van der Waals surface area contributed by atoms with Gasteiger partial charge in [0.25, 0.3) is 0 Å². The van der Waals surface area contributed by atoms with Crippen LogP contribution in [0.5, 0.6) is 0 Å². The molecule has 20 heteroatoms. The van der Waals surface area contributed by atoms with Crippen LogP contribution >= 0.6 is 0 Å². The van der Waals surface area contributed by atoms with Crippen LogP contribution in [0.4, 0.5) is 0 Å². The molecule has 32 atom stereocenters. The molecule has 16 aliphatic heterocycles. The quantitative estimate of drug-likeness (QED) is 0.213. The lowest BCUT2D eigenvalue weighted by molar-refractivity contribution is -0.347. The molecule has 16 aliphatic rings. The monoisotopic (exact) mass is 1170 g/mol. The van der Waals surface area contributed by atoms with Crippen molar-refractivity contribution in [3.63, 3.8) is 0 Å². The second kappa shape index (κ2) is 21.6. The third kappa shape index (κ3) is 10.0. The summed E-state index contributed by atoms with van der Waals surface area (Å²) in [5.74, 6) is -4.14. The Morgan fingerprint density at radius 1 is 0.590 bits per heavy atom. The summed E-state index contributed by atoms with van der Waals surface area (Å²) in [6.45, 7) is 21.6. The largest absolute Gasteiger partial charge is 0.459 e. The number of rotatable bonds is 7. The highest BCUT2D eigenvalue weighted by Gasteiger charge is 2.76. The van der Waals surface area contributed by atoms with Gasteiger partial charge in [0.1, 0.15) is 36.6 Å². The van der Waals surface area contributed by atoms with Crippen molar-refractivity contribution in [2.24, 2.45) is 23.7 Å². The minimum atomic E-state index is -1.07. The van der Waals surface area contributed by atoms with E-state index in [2.05, 4.69) is 47.4 Å². The molecule has 0 aromatic carbocycles.